The van der Waals surface area contributed by atoms with Crippen molar-refractivity contribution in [1.82, 2.24) is 5.32 Å². The normalized spacial score (nSPS) is 13.4. The van der Waals surface area contributed by atoms with Gasteiger partial charge in [-0.3, -0.25) is 4.79 Å². The second kappa shape index (κ2) is 12.1. The summed E-state index contributed by atoms with van der Waals surface area (Å²) in [6, 6.07) is 12.5. The van der Waals surface area contributed by atoms with Gasteiger partial charge in [-0.15, -0.1) is 11.8 Å². The Morgan fingerprint density at radius 1 is 1.19 bits per heavy atom. The molecular weight excluding hydrogens is 470 g/mol. The van der Waals surface area contributed by atoms with Crippen LogP contribution in [0.1, 0.15) is 17.3 Å². The molecule has 1 aliphatic rings. The Morgan fingerprint density at radius 2 is 1.91 bits per heavy atom. The lowest BCUT2D eigenvalue weighted by Gasteiger charge is -2.31. The predicted octanol–water partition coefficient (Wildman–Crippen LogP) is 3.96. The average molecular weight is 494 g/mol. The third-order valence-corrected chi connectivity index (χ3v) is 6.01. The van der Waals surface area contributed by atoms with Gasteiger partial charge in [-0.2, -0.15) is 0 Å². The van der Waals surface area contributed by atoms with Gasteiger partial charge in [0, 0.05) is 23.0 Å². The molecule has 0 unspecified atom stereocenters. The molecule has 7 nitrogen and oxygen atoms in total. The van der Waals surface area contributed by atoms with Gasteiger partial charge in [0.15, 0.2) is 5.11 Å². The van der Waals surface area contributed by atoms with E-state index in [1.165, 1.54) is 11.8 Å². The SMILES string of the molecule is CCOC(=O)c1ccc(N2CCOCC2)c(NC(=S)NC(=O)CSc2ccc(Cl)cc2)c1. The van der Waals surface area contributed by atoms with E-state index in [-0.39, 0.29) is 23.4 Å². The van der Waals surface area contributed by atoms with Gasteiger partial charge in [-0.05, 0) is 61.6 Å². The molecule has 1 fully saturated rings. The summed E-state index contributed by atoms with van der Waals surface area (Å²) < 4.78 is 10.5. The van der Waals surface area contributed by atoms with E-state index in [2.05, 4.69) is 15.5 Å². The number of halogens is 1. The van der Waals surface area contributed by atoms with Crippen LogP contribution in [0.4, 0.5) is 11.4 Å². The molecule has 0 atom stereocenters. The average Bonchev–Trinajstić information content (AvgIpc) is 2.79. The summed E-state index contributed by atoms with van der Waals surface area (Å²) >= 11 is 12.6. The molecule has 3 rings (SSSR count). The van der Waals surface area contributed by atoms with E-state index in [1.54, 1.807) is 31.2 Å². The minimum Gasteiger partial charge on any atom is -0.462 e. The van der Waals surface area contributed by atoms with E-state index in [1.807, 2.05) is 18.2 Å². The van der Waals surface area contributed by atoms with Crippen LogP contribution >= 0.6 is 35.6 Å². The van der Waals surface area contributed by atoms with Gasteiger partial charge in [0.2, 0.25) is 5.91 Å². The Hall–Kier alpha value is -2.33. The Balaban J connectivity index is 1.66. The lowest BCUT2D eigenvalue weighted by atomic mass is 10.1. The number of thiocarbonyl (C=S) groups is 1. The van der Waals surface area contributed by atoms with Crippen LogP contribution in [0.3, 0.4) is 0 Å². The highest BCUT2D eigenvalue weighted by atomic mass is 35.5. The van der Waals surface area contributed by atoms with Crippen molar-refractivity contribution in [1.29, 1.82) is 0 Å². The van der Waals surface area contributed by atoms with Crippen LogP contribution in [0.2, 0.25) is 5.02 Å². The first kappa shape index (κ1) is 24.3. The second-order valence-electron chi connectivity index (χ2n) is 6.80. The van der Waals surface area contributed by atoms with Gasteiger partial charge >= 0.3 is 5.97 Å². The molecule has 1 aliphatic heterocycles. The number of nitrogens with zero attached hydrogens (tertiary/aromatic N) is 1. The van der Waals surface area contributed by atoms with Crippen molar-refractivity contribution in [3.63, 3.8) is 0 Å². The number of thioether (sulfide) groups is 1. The van der Waals surface area contributed by atoms with E-state index in [0.717, 1.165) is 10.6 Å². The molecule has 2 N–H and O–H groups in total. The predicted molar refractivity (Wildman–Crippen MR) is 132 cm³/mol. The molecule has 0 aliphatic carbocycles. The molecule has 0 bridgehead atoms. The first-order chi connectivity index (χ1) is 15.5. The van der Waals surface area contributed by atoms with Crippen molar-refractivity contribution in [3.8, 4) is 0 Å². The van der Waals surface area contributed by atoms with Crippen LogP contribution < -0.4 is 15.5 Å². The summed E-state index contributed by atoms with van der Waals surface area (Å²) in [5, 5.41) is 6.55. The van der Waals surface area contributed by atoms with Crippen molar-refractivity contribution < 1.29 is 19.1 Å². The first-order valence-corrected chi connectivity index (χ1v) is 11.9. The number of esters is 1. The Kier molecular flexibility index (Phi) is 9.16. The van der Waals surface area contributed by atoms with Crippen LogP contribution in [0, 0.1) is 0 Å². The molecule has 1 amide bonds. The number of anilines is 2. The van der Waals surface area contributed by atoms with Gasteiger partial charge in [0.1, 0.15) is 0 Å². The Bertz CT molecular complexity index is 966. The lowest BCUT2D eigenvalue weighted by molar-refractivity contribution is -0.117. The monoisotopic (exact) mass is 493 g/mol. The summed E-state index contributed by atoms with van der Waals surface area (Å²) in [4.78, 5) is 27.6. The van der Waals surface area contributed by atoms with Crippen molar-refractivity contribution >= 4 is 63.9 Å². The van der Waals surface area contributed by atoms with Crippen LogP contribution in [-0.4, -0.2) is 55.7 Å². The van der Waals surface area contributed by atoms with Crippen molar-refractivity contribution in [2.24, 2.45) is 0 Å². The summed E-state index contributed by atoms with van der Waals surface area (Å²) in [5.74, 6) is -0.460. The largest absolute Gasteiger partial charge is 0.462 e. The summed E-state index contributed by atoms with van der Waals surface area (Å²) in [6.45, 7) is 4.69. The summed E-state index contributed by atoms with van der Waals surface area (Å²) in [7, 11) is 0. The zero-order chi connectivity index (χ0) is 22.9. The highest BCUT2D eigenvalue weighted by Gasteiger charge is 2.18. The molecule has 0 radical (unpaired) electrons. The van der Waals surface area contributed by atoms with Gasteiger partial charge in [0.05, 0.1) is 42.5 Å². The zero-order valence-corrected chi connectivity index (χ0v) is 19.9. The third kappa shape index (κ3) is 7.09. The fraction of sp³-hybridized carbons (Fsp3) is 0.318. The first-order valence-electron chi connectivity index (χ1n) is 10.1. The minimum absolute atomic E-state index is 0.155. The number of carbonyl (C=O) groups excluding carboxylic acids is 2. The molecule has 2 aromatic carbocycles. The van der Waals surface area contributed by atoms with E-state index in [9.17, 15) is 9.59 Å². The van der Waals surface area contributed by atoms with Crippen molar-refractivity contribution in [2.45, 2.75) is 11.8 Å². The quantitative estimate of drug-likeness (QED) is 0.341. The standard InChI is InChI=1S/C22H24ClN3O4S2/c1-2-30-21(28)15-3-8-19(26-9-11-29-12-10-26)18(13-15)24-22(31)25-20(27)14-32-17-6-4-16(23)5-7-17/h3-8,13H,2,9-12,14H2,1H3,(H2,24,25,27,31). The maximum atomic E-state index is 12.3. The number of carbonyl (C=O) groups is 2. The van der Waals surface area contributed by atoms with Gasteiger partial charge in [-0.1, -0.05) is 11.6 Å². The van der Waals surface area contributed by atoms with Gasteiger partial charge in [0.25, 0.3) is 0 Å². The summed E-state index contributed by atoms with van der Waals surface area (Å²) in [5.41, 5.74) is 1.89. The van der Waals surface area contributed by atoms with Crippen LogP contribution in [0.15, 0.2) is 47.4 Å². The number of benzene rings is 2. The Labute approximate surface area is 201 Å². The van der Waals surface area contributed by atoms with Crippen molar-refractivity contribution in [3.05, 3.63) is 53.1 Å². The van der Waals surface area contributed by atoms with Crippen LogP contribution in [-0.2, 0) is 14.3 Å². The van der Waals surface area contributed by atoms with E-state index < -0.39 is 5.97 Å². The Morgan fingerprint density at radius 3 is 2.59 bits per heavy atom. The molecule has 0 saturated carbocycles. The molecular formula is C22H24ClN3O4S2. The van der Waals surface area contributed by atoms with E-state index >= 15 is 0 Å². The van der Waals surface area contributed by atoms with Crippen LogP contribution in [0.25, 0.3) is 0 Å². The zero-order valence-electron chi connectivity index (χ0n) is 17.6. The molecule has 170 valence electrons. The highest BCUT2D eigenvalue weighted by molar-refractivity contribution is 8.00. The molecule has 0 spiro atoms. The molecule has 2 aromatic rings. The van der Waals surface area contributed by atoms with Gasteiger partial charge < -0.3 is 25.0 Å². The summed E-state index contributed by atoms with van der Waals surface area (Å²) in [6.07, 6.45) is 0. The van der Waals surface area contributed by atoms with E-state index in [4.69, 9.17) is 33.3 Å². The number of rotatable bonds is 7. The number of nitrogens with one attached hydrogen (secondary N) is 2. The van der Waals surface area contributed by atoms with Crippen LogP contribution in [0.5, 0.6) is 0 Å². The van der Waals surface area contributed by atoms with E-state index in [0.29, 0.717) is 42.6 Å². The number of morpholine rings is 1. The fourth-order valence-corrected chi connectivity index (χ4v) is 4.10. The second-order valence-corrected chi connectivity index (χ2v) is 8.69. The molecule has 10 heteroatoms. The molecule has 32 heavy (non-hydrogen) atoms. The highest BCUT2D eigenvalue weighted by Crippen LogP contribution is 2.28. The number of hydrogen-bond donors (Lipinski definition) is 2. The third-order valence-electron chi connectivity index (χ3n) is 4.54. The molecule has 1 saturated heterocycles. The smallest absolute Gasteiger partial charge is 0.338 e. The number of hydrogen-bond acceptors (Lipinski definition) is 7. The molecule has 1 heterocycles. The number of amides is 1. The minimum atomic E-state index is -0.418. The van der Waals surface area contributed by atoms with Crippen molar-refractivity contribution in [2.75, 3.05) is 48.9 Å². The topological polar surface area (TPSA) is 79.9 Å². The maximum absolute atomic E-state index is 12.3. The number of ether oxygens (including phenoxy) is 2. The van der Waals surface area contributed by atoms with Gasteiger partial charge in [-0.25, -0.2) is 4.79 Å². The fourth-order valence-electron chi connectivity index (χ4n) is 3.05. The lowest BCUT2D eigenvalue weighted by Crippen LogP contribution is -2.38. The maximum Gasteiger partial charge on any atom is 0.338 e. The molecule has 0 aromatic heterocycles.